The summed E-state index contributed by atoms with van der Waals surface area (Å²) in [7, 11) is 0. The largest absolute Gasteiger partial charge is 0.433 e. The first kappa shape index (κ1) is 12.8. The van der Waals surface area contributed by atoms with Gasteiger partial charge in [-0.05, 0) is 6.07 Å². The van der Waals surface area contributed by atoms with Gasteiger partial charge in [0.2, 0.25) is 0 Å². The molecule has 0 amide bonds. The number of aromatic nitrogens is 1. The minimum atomic E-state index is -4.89. The van der Waals surface area contributed by atoms with Crippen LogP contribution in [0.1, 0.15) is 16.8 Å². The molecule has 0 aliphatic heterocycles. The Bertz CT molecular complexity index is 383. The first-order chi connectivity index (χ1) is 7.16. The Labute approximate surface area is 85.5 Å². The Kier molecular flexibility index (Phi) is 3.13. The fourth-order valence-electron chi connectivity index (χ4n) is 1.04. The summed E-state index contributed by atoms with van der Waals surface area (Å²) in [6, 6.07) is 0.232. The molecule has 0 atom stereocenters. The highest BCUT2D eigenvalue weighted by Crippen LogP contribution is 2.34. The van der Waals surface area contributed by atoms with Crippen molar-refractivity contribution < 1.29 is 31.4 Å². The van der Waals surface area contributed by atoms with Crippen molar-refractivity contribution in [2.45, 2.75) is 19.0 Å². The third kappa shape index (κ3) is 2.63. The molecule has 0 radical (unpaired) electrons. The van der Waals surface area contributed by atoms with Crippen molar-refractivity contribution in [3.05, 3.63) is 29.1 Å². The number of aliphatic hydroxyl groups excluding tert-OH is 1. The smallest absolute Gasteiger partial charge is 0.392 e. The van der Waals surface area contributed by atoms with Gasteiger partial charge in [0.05, 0.1) is 12.2 Å². The van der Waals surface area contributed by atoms with Gasteiger partial charge in [-0.2, -0.15) is 26.3 Å². The molecule has 90 valence electrons. The van der Waals surface area contributed by atoms with Gasteiger partial charge in [0.25, 0.3) is 0 Å². The molecule has 0 aliphatic rings. The molecule has 1 N–H and O–H groups in total. The van der Waals surface area contributed by atoms with Gasteiger partial charge in [0, 0.05) is 11.8 Å². The molecule has 16 heavy (non-hydrogen) atoms. The zero-order chi connectivity index (χ0) is 12.6. The molecule has 2 nitrogen and oxygen atoms in total. The predicted octanol–water partition coefficient (Wildman–Crippen LogP) is 2.61. The maximum Gasteiger partial charge on any atom is 0.433 e. The van der Waals surface area contributed by atoms with Crippen molar-refractivity contribution in [1.82, 2.24) is 4.98 Å². The van der Waals surface area contributed by atoms with E-state index in [2.05, 4.69) is 4.98 Å². The van der Waals surface area contributed by atoms with Crippen LogP contribution in [0.15, 0.2) is 12.3 Å². The molecule has 1 rings (SSSR count). The average molecular weight is 245 g/mol. The van der Waals surface area contributed by atoms with E-state index in [9.17, 15) is 26.3 Å². The lowest BCUT2D eigenvalue weighted by Crippen LogP contribution is -2.15. The molecular formula is C8H5F6NO. The van der Waals surface area contributed by atoms with E-state index in [1.54, 1.807) is 0 Å². The van der Waals surface area contributed by atoms with Crippen LogP contribution in [0.5, 0.6) is 0 Å². The number of halogens is 6. The first-order valence-corrected chi connectivity index (χ1v) is 3.90. The standard InChI is InChI=1S/C8H5F6NO/c9-7(10,11)5-1-4(3-16)6(15-2-5)8(12,13)14/h1-2,16H,3H2. The summed E-state index contributed by atoms with van der Waals surface area (Å²) in [6.07, 6.45) is -9.59. The van der Waals surface area contributed by atoms with E-state index in [0.29, 0.717) is 0 Å². The van der Waals surface area contributed by atoms with Crippen LogP contribution < -0.4 is 0 Å². The van der Waals surface area contributed by atoms with Gasteiger partial charge < -0.3 is 5.11 Å². The Morgan fingerprint density at radius 3 is 2.00 bits per heavy atom. The summed E-state index contributed by atoms with van der Waals surface area (Å²) in [5.41, 5.74) is -3.74. The van der Waals surface area contributed by atoms with E-state index >= 15 is 0 Å². The normalized spacial score (nSPS) is 12.9. The lowest BCUT2D eigenvalue weighted by molar-refractivity contribution is -0.145. The van der Waals surface area contributed by atoms with Crippen LogP contribution in [0.3, 0.4) is 0 Å². The molecule has 0 bridgehead atoms. The third-order valence-corrected chi connectivity index (χ3v) is 1.73. The van der Waals surface area contributed by atoms with E-state index in [-0.39, 0.29) is 12.3 Å². The van der Waals surface area contributed by atoms with E-state index in [0.717, 1.165) is 0 Å². The van der Waals surface area contributed by atoms with Crippen molar-refractivity contribution >= 4 is 0 Å². The van der Waals surface area contributed by atoms with Crippen molar-refractivity contribution in [1.29, 1.82) is 0 Å². The van der Waals surface area contributed by atoms with E-state index < -0.39 is 35.8 Å². The van der Waals surface area contributed by atoms with E-state index in [4.69, 9.17) is 5.11 Å². The van der Waals surface area contributed by atoms with Crippen LogP contribution in [0.25, 0.3) is 0 Å². The number of rotatable bonds is 1. The van der Waals surface area contributed by atoms with Crippen LogP contribution in [-0.2, 0) is 19.0 Å². The Hall–Kier alpha value is -1.31. The monoisotopic (exact) mass is 245 g/mol. The van der Waals surface area contributed by atoms with Crippen LogP contribution >= 0.6 is 0 Å². The number of hydrogen-bond acceptors (Lipinski definition) is 2. The summed E-state index contributed by atoms with van der Waals surface area (Å²) in [6.45, 7) is -1.16. The van der Waals surface area contributed by atoms with Gasteiger partial charge in [-0.3, -0.25) is 4.98 Å². The lowest BCUT2D eigenvalue weighted by atomic mass is 10.1. The number of hydrogen-bond donors (Lipinski definition) is 1. The fourth-order valence-corrected chi connectivity index (χ4v) is 1.04. The van der Waals surface area contributed by atoms with Gasteiger partial charge in [-0.1, -0.05) is 0 Å². The topological polar surface area (TPSA) is 33.1 Å². The van der Waals surface area contributed by atoms with Gasteiger partial charge in [-0.25, -0.2) is 0 Å². The third-order valence-electron chi connectivity index (χ3n) is 1.73. The average Bonchev–Trinajstić information content (AvgIpc) is 2.14. The number of alkyl halides is 6. The van der Waals surface area contributed by atoms with Gasteiger partial charge in [0.15, 0.2) is 0 Å². The lowest BCUT2D eigenvalue weighted by Gasteiger charge is -2.13. The summed E-state index contributed by atoms with van der Waals surface area (Å²) in [5.74, 6) is 0. The van der Waals surface area contributed by atoms with Crippen molar-refractivity contribution in [2.24, 2.45) is 0 Å². The van der Waals surface area contributed by atoms with E-state index in [1.807, 2.05) is 0 Å². The van der Waals surface area contributed by atoms with Crippen LogP contribution in [0.2, 0.25) is 0 Å². The van der Waals surface area contributed by atoms with Crippen LogP contribution in [-0.4, -0.2) is 10.1 Å². The molecule has 0 fully saturated rings. The second-order valence-electron chi connectivity index (χ2n) is 2.89. The Morgan fingerprint density at radius 1 is 1.06 bits per heavy atom. The summed E-state index contributed by atoms with van der Waals surface area (Å²) < 4.78 is 73.0. The van der Waals surface area contributed by atoms with Crippen LogP contribution in [0, 0.1) is 0 Å². The molecule has 1 aromatic heterocycles. The summed E-state index contributed by atoms with van der Waals surface area (Å²) >= 11 is 0. The van der Waals surface area contributed by atoms with Crippen molar-refractivity contribution in [3.63, 3.8) is 0 Å². The zero-order valence-corrected chi connectivity index (χ0v) is 7.52. The maximum atomic E-state index is 12.2. The summed E-state index contributed by atoms with van der Waals surface area (Å²) in [4.78, 5) is 2.68. The predicted molar refractivity (Wildman–Crippen MR) is 40.2 cm³/mol. The first-order valence-electron chi connectivity index (χ1n) is 3.90. The minimum absolute atomic E-state index is 0.0853. The molecule has 0 saturated carbocycles. The van der Waals surface area contributed by atoms with Gasteiger partial charge in [0.1, 0.15) is 5.69 Å². The number of pyridine rings is 1. The molecule has 1 aromatic rings. The van der Waals surface area contributed by atoms with Crippen molar-refractivity contribution in [2.75, 3.05) is 0 Å². The number of nitrogens with zero attached hydrogens (tertiary/aromatic N) is 1. The molecule has 8 heteroatoms. The highest BCUT2D eigenvalue weighted by molar-refractivity contribution is 5.28. The van der Waals surface area contributed by atoms with Gasteiger partial charge >= 0.3 is 12.4 Å². The van der Waals surface area contributed by atoms with Crippen molar-refractivity contribution in [3.8, 4) is 0 Å². The molecule has 0 unspecified atom stereocenters. The summed E-state index contributed by atoms with van der Waals surface area (Å²) in [5, 5.41) is 8.56. The molecule has 0 aliphatic carbocycles. The van der Waals surface area contributed by atoms with Gasteiger partial charge in [-0.15, -0.1) is 0 Å². The SMILES string of the molecule is OCc1cc(C(F)(F)F)cnc1C(F)(F)F. The molecule has 0 spiro atoms. The zero-order valence-electron chi connectivity index (χ0n) is 7.52. The Balaban J connectivity index is 3.28. The maximum absolute atomic E-state index is 12.2. The highest BCUT2D eigenvalue weighted by Gasteiger charge is 2.38. The quantitative estimate of drug-likeness (QED) is 0.771. The molecule has 0 saturated heterocycles. The molecular weight excluding hydrogens is 240 g/mol. The second-order valence-corrected chi connectivity index (χ2v) is 2.89. The van der Waals surface area contributed by atoms with E-state index in [1.165, 1.54) is 0 Å². The van der Waals surface area contributed by atoms with Crippen LogP contribution in [0.4, 0.5) is 26.3 Å². The minimum Gasteiger partial charge on any atom is -0.392 e. The fraction of sp³-hybridized carbons (Fsp3) is 0.375. The highest BCUT2D eigenvalue weighted by atomic mass is 19.4. The second kappa shape index (κ2) is 3.93. The molecule has 0 aromatic carbocycles. The Morgan fingerprint density at radius 2 is 1.62 bits per heavy atom. The molecule has 1 heterocycles. The number of aliphatic hydroxyl groups is 1.